The van der Waals surface area contributed by atoms with Gasteiger partial charge in [-0.05, 0) is 37.5 Å². The Morgan fingerprint density at radius 1 is 1.31 bits per heavy atom. The first-order valence-corrected chi connectivity index (χ1v) is 10.8. The Morgan fingerprint density at radius 3 is 2.81 bits per heavy atom. The number of aromatic nitrogens is 4. The van der Waals surface area contributed by atoms with Gasteiger partial charge in [0, 0.05) is 20.1 Å². The number of benzene rings is 1. The van der Waals surface area contributed by atoms with Crippen LogP contribution in [-0.4, -0.2) is 51.4 Å². The summed E-state index contributed by atoms with van der Waals surface area (Å²) in [6, 6.07) is 5.58. The molecule has 170 valence electrons. The van der Waals surface area contributed by atoms with Crippen LogP contribution < -0.4 is 20.3 Å². The van der Waals surface area contributed by atoms with Crippen molar-refractivity contribution in [3.63, 3.8) is 0 Å². The minimum atomic E-state index is -0.453. The quantitative estimate of drug-likeness (QED) is 0.579. The van der Waals surface area contributed by atoms with E-state index in [1.807, 2.05) is 17.7 Å². The van der Waals surface area contributed by atoms with E-state index in [2.05, 4.69) is 20.4 Å². The SMILES string of the molecule is CCN(C)C(=O)Oc1ccc(CNc2nc3c(cnn3C3CCCC3)c(=O)[nH]2)cc1OC. The first-order valence-electron chi connectivity index (χ1n) is 10.8. The predicted octanol–water partition coefficient (Wildman–Crippen LogP) is 3.31. The average molecular weight is 441 g/mol. The number of amides is 1. The molecule has 1 amide bonds. The summed E-state index contributed by atoms with van der Waals surface area (Å²) in [5.74, 6) is 1.16. The second-order valence-electron chi connectivity index (χ2n) is 7.90. The molecule has 1 aliphatic carbocycles. The second kappa shape index (κ2) is 9.29. The van der Waals surface area contributed by atoms with E-state index in [0.717, 1.165) is 18.4 Å². The third kappa shape index (κ3) is 4.39. The Morgan fingerprint density at radius 2 is 2.09 bits per heavy atom. The number of hydrogen-bond donors (Lipinski definition) is 2. The van der Waals surface area contributed by atoms with Crippen LogP contribution in [0.3, 0.4) is 0 Å². The number of hydrogen-bond acceptors (Lipinski definition) is 7. The van der Waals surface area contributed by atoms with Crippen LogP contribution in [0.2, 0.25) is 0 Å². The van der Waals surface area contributed by atoms with E-state index in [-0.39, 0.29) is 5.56 Å². The zero-order chi connectivity index (χ0) is 22.7. The lowest BCUT2D eigenvalue weighted by Crippen LogP contribution is -2.29. The van der Waals surface area contributed by atoms with Crippen LogP contribution in [0.1, 0.15) is 44.2 Å². The van der Waals surface area contributed by atoms with Gasteiger partial charge in [0.05, 0.1) is 19.3 Å². The fourth-order valence-corrected chi connectivity index (χ4v) is 3.83. The van der Waals surface area contributed by atoms with Gasteiger partial charge in [0.2, 0.25) is 5.95 Å². The van der Waals surface area contributed by atoms with E-state index >= 15 is 0 Å². The third-order valence-corrected chi connectivity index (χ3v) is 5.81. The summed E-state index contributed by atoms with van der Waals surface area (Å²) >= 11 is 0. The first kappa shape index (κ1) is 21.7. The van der Waals surface area contributed by atoms with Gasteiger partial charge in [0.25, 0.3) is 5.56 Å². The number of ether oxygens (including phenoxy) is 2. The molecule has 0 spiro atoms. The molecular formula is C22H28N6O4. The highest BCUT2D eigenvalue weighted by atomic mass is 16.6. The van der Waals surface area contributed by atoms with Crippen molar-refractivity contribution in [2.75, 3.05) is 26.0 Å². The molecule has 10 heteroatoms. The minimum Gasteiger partial charge on any atom is -0.493 e. The molecule has 0 aliphatic heterocycles. The highest BCUT2D eigenvalue weighted by molar-refractivity contribution is 5.74. The summed E-state index contributed by atoms with van der Waals surface area (Å²) in [7, 11) is 3.18. The number of aromatic amines is 1. The van der Waals surface area contributed by atoms with Crippen LogP contribution in [0.15, 0.2) is 29.2 Å². The lowest BCUT2D eigenvalue weighted by Gasteiger charge is -2.16. The minimum absolute atomic E-state index is 0.221. The van der Waals surface area contributed by atoms with E-state index in [0.29, 0.717) is 47.6 Å². The number of anilines is 1. The van der Waals surface area contributed by atoms with Crippen molar-refractivity contribution >= 4 is 23.1 Å². The number of rotatable bonds is 7. The van der Waals surface area contributed by atoms with Crippen LogP contribution in [0.25, 0.3) is 11.0 Å². The van der Waals surface area contributed by atoms with Gasteiger partial charge in [0.15, 0.2) is 17.1 Å². The molecule has 10 nitrogen and oxygen atoms in total. The highest BCUT2D eigenvalue weighted by Gasteiger charge is 2.21. The van der Waals surface area contributed by atoms with Crippen molar-refractivity contribution in [2.45, 2.75) is 45.2 Å². The molecule has 0 unspecified atom stereocenters. The Labute approximate surface area is 185 Å². The van der Waals surface area contributed by atoms with Gasteiger partial charge in [-0.15, -0.1) is 0 Å². The maximum Gasteiger partial charge on any atom is 0.415 e. The van der Waals surface area contributed by atoms with E-state index in [4.69, 9.17) is 9.47 Å². The first-order chi connectivity index (χ1) is 15.5. The number of carbonyl (C=O) groups excluding carboxylic acids is 1. The largest absolute Gasteiger partial charge is 0.493 e. The van der Waals surface area contributed by atoms with Gasteiger partial charge < -0.3 is 19.7 Å². The molecule has 0 radical (unpaired) electrons. The Balaban J connectivity index is 1.51. The van der Waals surface area contributed by atoms with E-state index in [9.17, 15) is 9.59 Å². The molecule has 4 rings (SSSR count). The third-order valence-electron chi connectivity index (χ3n) is 5.81. The van der Waals surface area contributed by atoms with Crippen LogP contribution in [-0.2, 0) is 6.54 Å². The van der Waals surface area contributed by atoms with E-state index < -0.39 is 6.09 Å². The van der Waals surface area contributed by atoms with Crippen LogP contribution in [0, 0.1) is 0 Å². The van der Waals surface area contributed by atoms with Crippen molar-refractivity contribution in [2.24, 2.45) is 0 Å². The number of fused-ring (bicyclic) bond motifs is 1. The molecule has 0 saturated heterocycles. The van der Waals surface area contributed by atoms with Crippen molar-refractivity contribution in [1.82, 2.24) is 24.6 Å². The lowest BCUT2D eigenvalue weighted by molar-refractivity contribution is 0.163. The summed E-state index contributed by atoms with van der Waals surface area (Å²) in [6.45, 7) is 2.80. The monoisotopic (exact) mass is 440 g/mol. The molecule has 32 heavy (non-hydrogen) atoms. The Hall–Kier alpha value is -3.56. The van der Waals surface area contributed by atoms with Gasteiger partial charge in [-0.25, -0.2) is 9.48 Å². The summed E-state index contributed by atoms with van der Waals surface area (Å²) < 4.78 is 12.7. The van der Waals surface area contributed by atoms with Gasteiger partial charge >= 0.3 is 6.09 Å². The summed E-state index contributed by atoms with van der Waals surface area (Å²) in [6.07, 6.45) is 5.58. The number of carbonyl (C=O) groups is 1. The molecule has 1 aliphatic rings. The van der Waals surface area contributed by atoms with Crippen LogP contribution in [0.5, 0.6) is 11.5 Å². The Kier molecular flexibility index (Phi) is 6.29. The topological polar surface area (TPSA) is 114 Å². The molecule has 1 saturated carbocycles. The number of methoxy groups -OCH3 is 1. The molecule has 0 atom stereocenters. The molecular weight excluding hydrogens is 412 g/mol. The lowest BCUT2D eigenvalue weighted by atomic mass is 10.2. The summed E-state index contributed by atoms with van der Waals surface area (Å²) in [4.78, 5) is 33.4. The van der Waals surface area contributed by atoms with Gasteiger partial charge in [0.1, 0.15) is 5.39 Å². The summed E-state index contributed by atoms with van der Waals surface area (Å²) in [5, 5.41) is 8.07. The number of H-pyrrole nitrogens is 1. The fraction of sp³-hybridized carbons (Fsp3) is 0.455. The standard InChI is InChI=1S/C22H28N6O4/c1-4-27(2)22(30)32-17-10-9-14(11-18(17)31-3)12-23-21-25-19-16(20(29)26-21)13-24-28(19)15-7-5-6-8-15/h9-11,13,15H,4-8,12H2,1-3H3,(H2,23,25,26,29). The van der Waals surface area contributed by atoms with Crippen molar-refractivity contribution in [3.8, 4) is 11.5 Å². The molecule has 1 fully saturated rings. The van der Waals surface area contributed by atoms with E-state index in [1.54, 1.807) is 25.4 Å². The molecule has 3 aromatic rings. The maximum absolute atomic E-state index is 12.5. The van der Waals surface area contributed by atoms with Gasteiger partial charge in [-0.3, -0.25) is 9.78 Å². The van der Waals surface area contributed by atoms with Crippen molar-refractivity contribution in [3.05, 3.63) is 40.3 Å². The highest BCUT2D eigenvalue weighted by Crippen LogP contribution is 2.31. The van der Waals surface area contributed by atoms with Crippen LogP contribution >= 0.6 is 0 Å². The van der Waals surface area contributed by atoms with Gasteiger partial charge in [-0.1, -0.05) is 18.9 Å². The molecule has 2 N–H and O–H groups in total. The smallest absolute Gasteiger partial charge is 0.415 e. The molecule has 2 heterocycles. The number of nitrogens with zero attached hydrogens (tertiary/aromatic N) is 4. The predicted molar refractivity (Wildman–Crippen MR) is 120 cm³/mol. The number of nitrogens with one attached hydrogen (secondary N) is 2. The van der Waals surface area contributed by atoms with Crippen LogP contribution in [0.4, 0.5) is 10.7 Å². The van der Waals surface area contributed by atoms with Gasteiger partial charge in [-0.2, -0.15) is 10.1 Å². The van der Waals surface area contributed by atoms with Crippen molar-refractivity contribution < 1.29 is 14.3 Å². The molecule has 0 bridgehead atoms. The Bertz CT molecular complexity index is 1160. The molecule has 1 aromatic carbocycles. The second-order valence-corrected chi connectivity index (χ2v) is 7.90. The van der Waals surface area contributed by atoms with Crippen molar-refractivity contribution in [1.29, 1.82) is 0 Å². The zero-order valence-electron chi connectivity index (χ0n) is 18.6. The zero-order valence-corrected chi connectivity index (χ0v) is 18.6. The van der Waals surface area contributed by atoms with E-state index in [1.165, 1.54) is 24.9 Å². The summed E-state index contributed by atoms with van der Waals surface area (Å²) in [5.41, 5.74) is 1.25. The normalized spacial score (nSPS) is 14.0. The molecule has 2 aromatic heterocycles. The maximum atomic E-state index is 12.5. The average Bonchev–Trinajstić information content (AvgIpc) is 3.47. The fourth-order valence-electron chi connectivity index (χ4n) is 3.83.